The van der Waals surface area contributed by atoms with Gasteiger partial charge in [0.1, 0.15) is 11.5 Å². The van der Waals surface area contributed by atoms with Gasteiger partial charge in [0, 0.05) is 12.1 Å². The van der Waals surface area contributed by atoms with Gasteiger partial charge in [-0.3, -0.25) is 0 Å². The molecule has 0 fully saturated rings. The molecular weight excluding hydrogens is 254 g/mol. The van der Waals surface area contributed by atoms with Crippen molar-refractivity contribution < 1.29 is 9.47 Å². The Morgan fingerprint density at radius 2 is 1.94 bits per heavy atom. The van der Waals surface area contributed by atoms with E-state index in [9.17, 15) is 0 Å². The molecule has 0 aliphatic carbocycles. The summed E-state index contributed by atoms with van der Waals surface area (Å²) >= 11 is 5.62. The molecule has 0 unspecified atom stereocenters. The van der Waals surface area contributed by atoms with Crippen molar-refractivity contribution in [2.75, 3.05) is 7.11 Å². The van der Waals surface area contributed by atoms with Crippen LogP contribution in [0.15, 0.2) is 30.3 Å². The van der Waals surface area contributed by atoms with E-state index < -0.39 is 0 Å². The topological polar surface area (TPSA) is 68.0 Å². The molecule has 0 atom stereocenters. The van der Waals surface area contributed by atoms with Gasteiger partial charge in [0.15, 0.2) is 5.15 Å². The molecule has 0 aliphatic rings. The van der Waals surface area contributed by atoms with Crippen LogP contribution in [0.25, 0.3) is 0 Å². The monoisotopic (exact) mass is 261 g/mol. The summed E-state index contributed by atoms with van der Waals surface area (Å²) in [5.41, 5.74) is 0.436. The molecule has 0 spiro atoms. The second-order valence-electron chi connectivity index (χ2n) is 3.31. The van der Waals surface area contributed by atoms with Crippen LogP contribution >= 0.6 is 11.6 Å². The van der Waals surface area contributed by atoms with E-state index in [1.807, 2.05) is 6.07 Å². The summed E-state index contributed by atoms with van der Waals surface area (Å²) in [5, 5.41) is 16.6. The van der Waals surface area contributed by atoms with Crippen molar-refractivity contribution in [1.82, 2.24) is 10.2 Å². The Hall–Kier alpha value is -2.32. The van der Waals surface area contributed by atoms with Crippen molar-refractivity contribution in [2.24, 2.45) is 0 Å². The number of benzene rings is 1. The van der Waals surface area contributed by atoms with Gasteiger partial charge in [0.25, 0.3) is 0 Å². The predicted molar refractivity (Wildman–Crippen MR) is 64.8 cm³/mol. The molecule has 0 N–H and O–H groups in total. The van der Waals surface area contributed by atoms with Crippen molar-refractivity contribution in [3.63, 3.8) is 0 Å². The molecule has 1 aromatic carbocycles. The number of halogens is 1. The van der Waals surface area contributed by atoms with E-state index in [0.29, 0.717) is 17.1 Å². The first-order valence-corrected chi connectivity index (χ1v) is 5.35. The fourth-order valence-electron chi connectivity index (χ4n) is 1.29. The van der Waals surface area contributed by atoms with Crippen LogP contribution in [0.3, 0.4) is 0 Å². The van der Waals surface area contributed by atoms with E-state index in [2.05, 4.69) is 10.2 Å². The molecule has 1 aromatic heterocycles. The highest BCUT2D eigenvalue weighted by atomic mass is 35.5. The van der Waals surface area contributed by atoms with Crippen molar-refractivity contribution in [1.29, 1.82) is 5.26 Å². The molecule has 2 rings (SSSR count). The normalized spacial score (nSPS) is 9.61. The summed E-state index contributed by atoms with van der Waals surface area (Å²) in [6.45, 7) is 0. The second kappa shape index (κ2) is 5.34. The predicted octanol–water partition coefficient (Wildman–Crippen LogP) is 2.80. The molecule has 0 saturated carbocycles. The average molecular weight is 262 g/mol. The zero-order chi connectivity index (χ0) is 13.0. The van der Waals surface area contributed by atoms with E-state index in [1.165, 1.54) is 7.11 Å². The quantitative estimate of drug-likeness (QED) is 0.850. The maximum Gasteiger partial charge on any atom is 0.238 e. The maximum atomic E-state index is 8.88. The van der Waals surface area contributed by atoms with Gasteiger partial charge in [-0.15, -0.1) is 10.2 Å². The molecule has 90 valence electrons. The Kier molecular flexibility index (Phi) is 3.60. The van der Waals surface area contributed by atoms with Gasteiger partial charge in [-0.05, 0) is 18.2 Å². The third-order valence-electron chi connectivity index (χ3n) is 2.07. The Bertz CT molecular complexity index is 593. The third kappa shape index (κ3) is 2.87. The molecular formula is C12H8ClN3O2. The summed E-state index contributed by atoms with van der Waals surface area (Å²) in [7, 11) is 1.52. The van der Waals surface area contributed by atoms with Crippen LogP contribution < -0.4 is 9.47 Å². The highest BCUT2D eigenvalue weighted by Crippen LogP contribution is 2.26. The number of ether oxygens (including phenoxy) is 2. The molecule has 18 heavy (non-hydrogen) atoms. The van der Waals surface area contributed by atoms with Crippen LogP contribution in [0.2, 0.25) is 5.15 Å². The minimum atomic E-state index is 0.283. The second-order valence-corrected chi connectivity index (χ2v) is 3.69. The van der Waals surface area contributed by atoms with Gasteiger partial charge in [-0.1, -0.05) is 11.6 Å². The first-order chi connectivity index (χ1) is 8.71. The van der Waals surface area contributed by atoms with Crippen LogP contribution in [0.5, 0.6) is 17.4 Å². The SMILES string of the molecule is COc1cc(C#N)cc(Oc2ccc(Cl)nn2)c1. The summed E-state index contributed by atoms with van der Waals surface area (Å²) in [4.78, 5) is 0. The van der Waals surface area contributed by atoms with Gasteiger partial charge < -0.3 is 9.47 Å². The van der Waals surface area contributed by atoms with E-state index in [0.717, 1.165) is 0 Å². The number of hydrogen-bond donors (Lipinski definition) is 0. The number of hydrogen-bond acceptors (Lipinski definition) is 5. The average Bonchev–Trinajstić information content (AvgIpc) is 2.41. The largest absolute Gasteiger partial charge is 0.497 e. The van der Waals surface area contributed by atoms with E-state index in [4.69, 9.17) is 26.3 Å². The molecule has 0 radical (unpaired) electrons. The Morgan fingerprint density at radius 1 is 1.17 bits per heavy atom. The lowest BCUT2D eigenvalue weighted by atomic mass is 10.2. The number of aromatic nitrogens is 2. The van der Waals surface area contributed by atoms with Gasteiger partial charge in [0.05, 0.1) is 18.7 Å². The smallest absolute Gasteiger partial charge is 0.238 e. The van der Waals surface area contributed by atoms with Crippen LogP contribution in [-0.4, -0.2) is 17.3 Å². The standard InChI is InChI=1S/C12H8ClN3O2/c1-17-9-4-8(7-14)5-10(6-9)18-12-3-2-11(13)15-16-12/h2-6H,1H3. The summed E-state index contributed by atoms with van der Waals surface area (Å²) < 4.78 is 10.5. The van der Waals surface area contributed by atoms with Crippen molar-refractivity contribution in [2.45, 2.75) is 0 Å². The third-order valence-corrected chi connectivity index (χ3v) is 2.28. The number of nitriles is 1. The highest BCUT2D eigenvalue weighted by Gasteiger charge is 2.04. The number of methoxy groups -OCH3 is 1. The Morgan fingerprint density at radius 3 is 2.56 bits per heavy atom. The molecule has 2 aromatic rings. The molecule has 0 amide bonds. The first kappa shape index (κ1) is 12.1. The summed E-state index contributed by atoms with van der Waals surface area (Å²) in [6, 6.07) is 10.0. The van der Waals surface area contributed by atoms with Crippen LogP contribution in [-0.2, 0) is 0 Å². The van der Waals surface area contributed by atoms with E-state index in [1.54, 1.807) is 30.3 Å². The van der Waals surface area contributed by atoms with Crippen molar-refractivity contribution in [3.05, 3.63) is 41.0 Å². The fraction of sp³-hybridized carbons (Fsp3) is 0.0833. The number of rotatable bonds is 3. The molecule has 6 heteroatoms. The van der Waals surface area contributed by atoms with Crippen LogP contribution in [0, 0.1) is 11.3 Å². The van der Waals surface area contributed by atoms with Crippen LogP contribution in [0.4, 0.5) is 0 Å². The molecule has 5 nitrogen and oxygen atoms in total. The first-order valence-electron chi connectivity index (χ1n) is 4.97. The zero-order valence-corrected chi connectivity index (χ0v) is 10.2. The van der Waals surface area contributed by atoms with Crippen molar-refractivity contribution in [3.8, 4) is 23.4 Å². The molecule has 0 aliphatic heterocycles. The Balaban J connectivity index is 2.28. The lowest BCUT2D eigenvalue weighted by Gasteiger charge is -2.06. The molecule has 0 saturated heterocycles. The van der Waals surface area contributed by atoms with Gasteiger partial charge in [-0.25, -0.2) is 0 Å². The van der Waals surface area contributed by atoms with Crippen LogP contribution in [0.1, 0.15) is 5.56 Å². The van der Waals surface area contributed by atoms with E-state index >= 15 is 0 Å². The van der Waals surface area contributed by atoms with Crippen molar-refractivity contribution >= 4 is 11.6 Å². The lowest BCUT2D eigenvalue weighted by Crippen LogP contribution is -1.92. The highest BCUT2D eigenvalue weighted by molar-refractivity contribution is 6.29. The maximum absolute atomic E-state index is 8.88. The lowest BCUT2D eigenvalue weighted by molar-refractivity contribution is 0.406. The van der Waals surface area contributed by atoms with Gasteiger partial charge in [0.2, 0.25) is 5.88 Å². The molecule has 0 bridgehead atoms. The minimum absolute atomic E-state index is 0.283. The minimum Gasteiger partial charge on any atom is -0.497 e. The summed E-state index contributed by atoms with van der Waals surface area (Å²) in [6.07, 6.45) is 0. The zero-order valence-electron chi connectivity index (χ0n) is 9.42. The van der Waals surface area contributed by atoms with E-state index in [-0.39, 0.29) is 11.0 Å². The number of nitrogens with zero attached hydrogens (tertiary/aromatic N) is 3. The molecule has 1 heterocycles. The van der Waals surface area contributed by atoms with Gasteiger partial charge >= 0.3 is 0 Å². The fourth-order valence-corrected chi connectivity index (χ4v) is 1.39. The van der Waals surface area contributed by atoms with Gasteiger partial charge in [-0.2, -0.15) is 5.26 Å². The summed E-state index contributed by atoms with van der Waals surface area (Å²) in [5.74, 6) is 1.27. The Labute approximate surface area is 109 Å².